The maximum absolute atomic E-state index is 9.39. The summed E-state index contributed by atoms with van der Waals surface area (Å²) in [4.78, 5) is 4.29. The highest BCUT2D eigenvalue weighted by atomic mass is 16.5. The van der Waals surface area contributed by atoms with Gasteiger partial charge in [0.25, 0.3) is 0 Å². The van der Waals surface area contributed by atoms with Gasteiger partial charge in [-0.25, -0.2) is 4.98 Å². The third-order valence-corrected chi connectivity index (χ3v) is 3.82. The van der Waals surface area contributed by atoms with Crippen molar-refractivity contribution in [1.82, 2.24) is 4.98 Å². The third kappa shape index (κ3) is 3.13. The number of nitrogens with one attached hydrogen (secondary N) is 1. The minimum absolute atomic E-state index is 0.297. The van der Waals surface area contributed by atoms with Crippen LogP contribution in [-0.4, -0.2) is 30.4 Å². The van der Waals surface area contributed by atoms with E-state index in [1.165, 1.54) is 19.3 Å². The standard InChI is InChI=1S/C14H22N2O2/c1-18-13-7-4-8-15-14(13)16-9-11-5-2-3-6-12(11)10-17/h4,7-8,11-12,17H,2-3,5-6,9-10H2,1H3,(H,15,16). The number of anilines is 1. The quantitative estimate of drug-likeness (QED) is 0.842. The Morgan fingerprint density at radius 2 is 2.17 bits per heavy atom. The van der Waals surface area contributed by atoms with E-state index in [0.717, 1.165) is 24.5 Å². The zero-order valence-electron chi connectivity index (χ0n) is 10.9. The fourth-order valence-electron chi connectivity index (χ4n) is 2.71. The lowest BCUT2D eigenvalue weighted by molar-refractivity contribution is 0.141. The first-order valence-corrected chi connectivity index (χ1v) is 6.69. The summed E-state index contributed by atoms with van der Waals surface area (Å²) in [5, 5.41) is 12.7. The van der Waals surface area contributed by atoms with Crippen LogP contribution in [0.2, 0.25) is 0 Å². The van der Waals surface area contributed by atoms with E-state index in [1.807, 2.05) is 12.1 Å². The second-order valence-corrected chi connectivity index (χ2v) is 4.92. The lowest BCUT2D eigenvalue weighted by Crippen LogP contribution is -2.28. The van der Waals surface area contributed by atoms with Gasteiger partial charge in [-0.15, -0.1) is 0 Å². The lowest BCUT2D eigenvalue weighted by Gasteiger charge is -2.30. The van der Waals surface area contributed by atoms with Crippen LogP contribution in [-0.2, 0) is 0 Å². The molecule has 1 saturated carbocycles. The molecule has 100 valence electrons. The molecule has 4 nitrogen and oxygen atoms in total. The average Bonchev–Trinajstić information content (AvgIpc) is 2.45. The molecular formula is C14H22N2O2. The number of hydrogen-bond donors (Lipinski definition) is 2. The van der Waals surface area contributed by atoms with E-state index in [9.17, 15) is 5.11 Å². The number of aromatic nitrogens is 1. The highest BCUT2D eigenvalue weighted by Crippen LogP contribution is 2.30. The molecule has 2 unspecified atom stereocenters. The van der Waals surface area contributed by atoms with Crippen LogP contribution in [0.15, 0.2) is 18.3 Å². The summed E-state index contributed by atoms with van der Waals surface area (Å²) >= 11 is 0. The van der Waals surface area contributed by atoms with E-state index in [-0.39, 0.29) is 0 Å². The van der Waals surface area contributed by atoms with Crippen molar-refractivity contribution in [2.45, 2.75) is 25.7 Å². The van der Waals surface area contributed by atoms with Gasteiger partial charge in [-0.1, -0.05) is 12.8 Å². The average molecular weight is 250 g/mol. The fraction of sp³-hybridized carbons (Fsp3) is 0.643. The Labute approximate surface area is 108 Å². The van der Waals surface area contributed by atoms with Crippen molar-refractivity contribution in [3.8, 4) is 5.75 Å². The molecule has 1 aliphatic rings. The lowest BCUT2D eigenvalue weighted by atomic mass is 9.79. The van der Waals surface area contributed by atoms with Crippen molar-refractivity contribution >= 4 is 5.82 Å². The van der Waals surface area contributed by atoms with Crippen molar-refractivity contribution in [3.05, 3.63) is 18.3 Å². The summed E-state index contributed by atoms with van der Waals surface area (Å²) in [5.41, 5.74) is 0. The fourth-order valence-corrected chi connectivity index (χ4v) is 2.71. The monoisotopic (exact) mass is 250 g/mol. The highest BCUT2D eigenvalue weighted by molar-refractivity contribution is 5.49. The number of rotatable bonds is 5. The zero-order valence-corrected chi connectivity index (χ0v) is 10.9. The maximum atomic E-state index is 9.39. The molecule has 1 aromatic rings. The zero-order chi connectivity index (χ0) is 12.8. The van der Waals surface area contributed by atoms with Gasteiger partial charge in [0.1, 0.15) is 0 Å². The molecule has 1 aromatic heterocycles. The first-order valence-electron chi connectivity index (χ1n) is 6.69. The summed E-state index contributed by atoms with van der Waals surface area (Å²) in [6, 6.07) is 3.76. The van der Waals surface area contributed by atoms with Crippen molar-refractivity contribution < 1.29 is 9.84 Å². The molecule has 1 heterocycles. The summed E-state index contributed by atoms with van der Waals surface area (Å²) in [6.07, 6.45) is 6.60. The molecule has 0 radical (unpaired) electrons. The second-order valence-electron chi connectivity index (χ2n) is 4.92. The SMILES string of the molecule is COc1cccnc1NCC1CCCCC1CO. The maximum Gasteiger partial charge on any atom is 0.168 e. The summed E-state index contributed by atoms with van der Waals surface area (Å²) in [6.45, 7) is 1.16. The van der Waals surface area contributed by atoms with Crippen molar-refractivity contribution in [1.29, 1.82) is 0 Å². The molecule has 0 aliphatic heterocycles. The van der Waals surface area contributed by atoms with Crippen LogP contribution in [0.3, 0.4) is 0 Å². The Kier molecular flexibility index (Phi) is 4.81. The number of methoxy groups -OCH3 is 1. The van der Waals surface area contributed by atoms with Gasteiger partial charge < -0.3 is 15.2 Å². The predicted octanol–water partition coefficient (Wildman–Crippen LogP) is 2.30. The molecule has 2 atom stereocenters. The topological polar surface area (TPSA) is 54.4 Å². The van der Waals surface area contributed by atoms with Gasteiger partial charge in [-0.2, -0.15) is 0 Å². The molecule has 2 rings (SSSR count). The van der Waals surface area contributed by atoms with Crippen molar-refractivity contribution in [2.24, 2.45) is 11.8 Å². The van der Waals surface area contributed by atoms with Crippen molar-refractivity contribution in [2.75, 3.05) is 25.6 Å². The van der Waals surface area contributed by atoms with E-state index in [4.69, 9.17) is 4.74 Å². The number of ether oxygens (including phenoxy) is 1. The molecule has 1 aliphatic carbocycles. The number of pyridine rings is 1. The largest absolute Gasteiger partial charge is 0.493 e. The summed E-state index contributed by atoms with van der Waals surface area (Å²) in [5.74, 6) is 2.53. The minimum Gasteiger partial charge on any atom is -0.493 e. The minimum atomic E-state index is 0.297. The smallest absolute Gasteiger partial charge is 0.168 e. The number of hydrogen-bond acceptors (Lipinski definition) is 4. The molecular weight excluding hydrogens is 228 g/mol. The molecule has 0 bridgehead atoms. The van der Waals surface area contributed by atoms with Gasteiger partial charge in [-0.05, 0) is 36.8 Å². The van der Waals surface area contributed by atoms with E-state index in [0.29, 0.717) is 18.4 Å². The molecule has 0 amide bonds. The highest BCUT2D eigenvalue weighted by Gasteiger charge is 2.24. The Morgan fingerprint density at radius 1 is 1.39 bits per heavy atom. The Hall–Kier alpha value is -1.29. The Bertz CT molecular complexity index is 371. The van der Waals surface area contributed by atoms with Gasteiger partial charge >= 0.3 is 0 Å². The van der Waals surface area contributed by atoms with Crippen LogP contribution in [0.5, 0.6) is 5.75 Å². The normalized spacial score (nSPS) is 23.7. The summed E-state index contributed by atoms with van der Waals surface area (Å²) < 4.78 is 5.26. The second kappa shape index (κ2) is 6.59. The third-order valence-electron chi connectivity index (χ3n) is 3.82. The number of aliphatic hydroxyl groups is 1. The van der Waals surface area contributed by atoms with Crippen LogP contribution >= 0.6 is 0 Å². The Balaban J connectivity index is 1.93. The molecule has 18 heavy (non-hydrogen) atoms. The predicted molar refractivity (Wildman–Crippen MR) is 71.8 cm³/mol. The molecule has 0 spiro atoms. The van der Waals surface area contributed by atoms with Crippen LogP contribution in [0, 0.1) is 11.8 Å². The van der Waals surface area contributed by atoms with Crippen LogP contribution < -0.4 is 10.1 Å². The van der Waals surface area contributed by atoms with Crippen LogP contribution in [0.1, 0.15) is 25.7 Å². The molecule has 2 N–H and O–H groups in total. The van der Waals surface area contributed by atoms with Gasteiger partial charge in [-0.3, -0.25) is 0 Å². The first kappa shape index (κ1) is 13.1. The molecule has 0 aromatic carbocycles. The Morgan fingerprint density at radius 3 is 2.89 bits per heavy atom. The van der Waals surface area contributed by atoms with Gasteiger partial charge in [0.15, 0.2) is 11.6 Å². The van der Waals surface area contributed by atoms with E-state index < -0.39 is 0 Å². The van der Waals surface area contributed by atoms with Crippen molar-refractivity contribution in [3.63, 3.8) is 0 Å². The molecule has 1 fully saturated rings. The summed E-state index contributed by atoms with van der Waals surface area (Å²) in [7, 11) is 1.65. The van der Waals surface area contributed by atoms with E-state index in [2.05, 4.69) is 10.3 Å². The first-order chi connectivity index (χ1) is 8.85. The number of aliphatic hydroxyl groups excluding tert-OH is 1. The van der Waals surface area contributed by atoms with Crippen LogP contribution in [0.4, 0.5) is 5.82 Å². The van der Waals surface area contributed by atoms with Gasteiger partial charge in [0.05, 0.1) is 7.11 Å². The number of nitrogens with zero attached hydrogens (tertiary/aromatic N) is 1. The molecule has 0 saturated heterocycles. The van der Waals surface area contributed by atoms with E-state index >= 15 is 0 Å². The molecule has 4 heteroatoms. The van der Waals surface area contributed by atoms with Gasteiger partial charge in [0.2, 0.25) is 0 Å². The van der Waals surface area contributed by atoms with Crippen LogP contribution in [0.25, 0.3) is 0 Å². The van der Waals surface area contributed by atoms with Gasteiger partial charge in [0, 0.05) is 19.3 Å². The van der Waals surface area contributed by atoms with E-state index in [1.54, 1.807) is 13.3 Å².